The summed E-state index contributed by atoms with van der Waals surface area (Å²) in [6, 6.07) is 5.47. The minimum absolute atomic E-state index is 0.0663. The molecule has 2 aromatic rings. The molecule has 0 saturated carbocycles. The smallest absolute Gasteiger partial charge is 0.321 e. The molecule has 100 valence electrons. The van der Waals surface area contributed by atoms with Gasteiger partial charge in [-0.2, -0.15) is 15.0 Å². The van der Waals surface area contributed by atoms with Crippen LogP contribution in [0, 0.1) is 0 Å². The molecule has 0 aliphatic carbocycles. The van der Waals surface area contributed by atoms with Crippen LogP contribution in [0.5, 0.6) is 17.5 Å². The molecule has 0 fully saturated rings. The van der Waals surface area contributed by atoms with Gasteiger partial charge in [0.1, 0.15) is 0 Å². The number of nitrogens with zero attached hydrogens (tertiary/aromatic N) is 3. The van der Waals surface area contributed by atoms with Gasteiger partial charge in [0.25, 0.3) is 0 Å². The van der Waals surface area contributed by atoms with Crippen LogP contribution in [0.3, 0.4) is 0 Å². The number of halogens is 1. The van der Waals surface area contributed by atoms with Crippen LogP contribution in [0.4, 0.5) is 0 Å². The number of hydrogen-bond donors (Lipinski definition) is 0. The van der Waals surface area contributed by atoms with E-state index in [1.165, 1.54) is 7.11 Å². The van der Waals surface area contributed by atoms with Crippen LogP contribution in [0.2, 0.25) is 5.28 Å². The van der Waals surface area contributed by atoms with Gasteiger partial charge in [0.2, 0.25) is 5.28 Å². The van der Waals surface area contributed by atoms with Crippen molar-refractivity contribution in [3.63, 3.8) is 0 Å². The summed E-state index contributed by atoms with van der Waals surface area (Å²) < 4.78 is 15.3. The average Bonchev–Trinajstić information content (AvgIpc) is 2.45. The monoisotopic (exact) mass is 281 g/mol. The summed E-state index contributed by atoms with van der Waals surface area (Å²) in [5.41, 5.74) is 0.722. The fraction of sp³-hybridized carbons (Fsp3) is 0.250. The molecule has 0 aliphatic rings. The fourth-order valence-corrected chi connectivity index (χ4v) is 1.68. The molecular weight excluding hydrogens is 270 g/mol. The Morgan fingerprint density at radius 3 is 2.26 bits per heavy atom. The second-order valence-corrected chi connectivity index (χ2v) is 3.82. The third-order valence-electron chi connectivity index (χ3n) is 2.41. The molecule has 0 bridgehead atoms. The summed E-state index contributed by atoms with van der Waals surface area (Å²) in [6.45, 7) is 0. The minimum Gasteiger partial charge on any atom is -0.493 e. The van der Waals surface area contributed by atoms with E-state index in [1.54, 1.807) is 32.4 Å². The molecule has 19 heavy (non-hydrogen) atoms. The van der Waals surface area contributed by atoms with E-state index >= 15 is 0 Å². The van der Waals surface area contributed by atoms with Crippen molar-refractivity contribution in [3.8, 4) is 28.9 Å². The fourth-order valence-electron chi connectivity index (χ4n) is 1.53. The zero-order valence-corrected chi connectivity index (χ0v) is 11.4. The Labute approximate surface area is 115 Å². The molecular formula is C12H12ClN3O3. The number of aromatic nitrogens is 3. The first-order valence-corrected chi connectivity index (χ1v) is 5.73. The second kappa shape index (κ2) is 5.71. The Morgan fingerprint density at radius 1 is 0.895 bits per heavy atom. The lowest BCUT2D eigenvalue weighted by Crippen LogP contribution is -1.98. The Balaban J connectivity index is 2.49. The third kappa shape index (κ3) is 2.85. The van der Waals surface area contributed by atoms with Crippen molar-refractivity contribution in [1.82, 2.24) is 15.0 Å². The van der Waals surface area contributed by atoms with E-state index in [2.05, 4.69) is 15.0 Å². The number of methoxy groups -OCH3 is 3. The highest BCUT2D eigenvalue weighted by atomic mass is 35.5. The molecule has 0 aliphatic heterocycles. The molecule has 2 rings (SSSR count). The van der Waals surface area contributed by atoms with Crippen LogP contribution in [0.15, 0.2) is 18.2 Å². The maximum atomic E-state index is 5.81. The summed E-state index contributed by atoms with van der Waals surface area (Å²) >= 11 is 5.81. The third-order valence-corrected chi connectivity index (χ3v) is 2.58. The molecule has 0 saturated heterocycles. The number of rotatable bonds is 4. The lowest BCUT2D eigenvalue weighted by molar-refractivity contribution is 0.355. The van der Waals surface area contributed by atoms with Crippen LogP contribution in [-0.2, 0) is 0 Å². The van der Waals surface area contributed by atoms with Crippen molar-refractivity contribution in [2.45, 2.75) is 0 Å². The Kier molecular flexibility index (Phi) is 4.01. The van der Waals surface area contributed by atoms with Crippen LogP contribution in [0.25, 0.3) is 11.4 Å². The van der Waals surface area contributed by atoms with E-state index in [0.717, 1.165) is 5.56 Å². The maximum Gasteiger partial charge on any atom is 0.321 e. The van der Waals surface area contributed by atoms with E-state index < -0.39 is 0 Å². The highest BCUT2D eigenvalue weighted by Crippen LogP contribution is 2.31. The molecule has 0 amide bonds. The van der Waals surface area contributed by atoms with E-state index in [1.807, 2.05) is 0 Å². The van der Waals surface area contributed by atoms with Crippen LogP contribution in [-0.4, -0.2) is 36.3 Å². The van der Waals surface area contributed by atoms with Gasteiger partial charge in [-0.15, -0.1) is 0 Å². The van der Waals surface area contributed by atoms with E-state index in [0.29, 0.717) is 17.3 Å². The first kappa shape index (κ1) is 13.4. The maximum absolute atomic E-state index is 5.81. The minimum atomic E-state index is 0.0663. The lowest BCUT2D eigenvalue weighted by Gasteiger charge is -2.09. The molecule has 0 unspecified atom stereocenters. The second-order valence-electron chi connectivity index (χ2n) is 3.48. The topological polar surface area (TPSA) is 66.4 Å². The number of hydrogen-bond acceptors (Lipinski definition) is 6. The molecule has 6 nitrogen and oxygen atoms in total. The van der Waals surface area contributed by atoms with Crippen molar-refractivity contribution >= 4 is 11.6 Å². The Bertz CT molecular complexity index is 592. The molecule has 0 spiro atoms. The molecule has 1 aromatic carbocycles. The van der Waals surface area contributed by atoms with Crippen molar-refractivity contribution in [2.24, 2.45) is 0 Å². The standard InChI is InChI=1S/C12H12ClN3O3/c1-17-8-5-4-7(6-9(8)18-2)10-14-11(13)16-12(15-10)19-3/h4-6H,1-3H3. The summed E-state index contributed by atoms with van der Waals surface area (Å²) in [5.74, 6) is 1.60. The van der Waals surface area contributed by atoms with Crippen LogP contribution in [0.1, 0.15) is 0 Å². The Hall–Kier alpha value is -2.08. The van der Waals surface area contributed by atoms with Gasteiger partial charge in [-0.05, 0) is 29.8 Å². The van der Waals surface area contributed by atoms with Crippen LogP contribution >= 0.6 is 11.6 Å². The molecule has 0 atom stereocenters. The first-order chi connectivity index (χ1) is 9.17. The van der Waals surface area contributed by atoms with Crippen molar-refractivity contribution in [3.05, 3.63) is 23.5 Å². The Morgan fingerprint density at radius 2 is 1.63 bits per heavy atom. The van der Waals surface area contributed by atoms with Crippen molar-refractivity contribution < 1.29 is 14.2 Å². The normalized spacial score (nSPS) is 10.1. The molecule has 0 N–H and O–H groups in total. The summed E-state index contributed by atoms with van der Waals surface area (Å²) in [4.78, 5) is 12.0. The van der Waals surface area contributed by atoms with Gasteiger partial charge in [-0.1, -0.05) is 0 Å². The predicted molar refractivity (Wildman–Crippen MR) is 69.9 cm³/mol. The zero-order chi connectivity index (χ0) is 13.8. The zero-order valence-electron chi connectivity index (χ0n) is 10.7. The molecule has 1 heterocycles. The van der Waals surface area contributed by atoms with Gasteiger partial charge < -0.3 is 14.2 Å². The highest BCUT2D eigenvalue weighted by Gasteiger charge is 2.11. The van der Waals surface area contributed by atoms with E-state index in [9.17, 15) is 0 Å². The van der Waals surface area contributed by atoms with E-state index in [4.69, 9.17) is 25.8 Å². The quantitative estimate of drug-likeness (QED) is 0.856. The van der Waals surface area contributed by atoms with Gasteiger partial charge in [0.15, 0.2) is 17.3 Å². The van der Waals surface area contributed by atoms with Crippen LogP contribution < -0.4 is 14.2 Å². The average molecular weight is 282 g/mol. The van der Waals surface area contributed by atoms with Gasteiger partial charge >= 0.3 is 6.01 Å². The first-order valence-electron chi connectivity index (χ1n) is 5.36. The number of benzene rings is 1. The van der Waals surface area contributed by atoms with Gasteiger partial charge in [-0.3, -0.25) is 0 Å². The van der Waals surface area contributed by atoms with Gasteiger partial charge in [-0.25, -0.2) is 0 Å². The molecule has 1 aromatic heterocycles. The summed E-state index contributed by atoms with van der Waals surface area (Å²) in [6.07, 6.45) is 0. The van der Waals surface area contributed by atoms with E-state index in [-0.39, 0.29) is 11.3 Å². The van der Waals surface area contributed by atoms with Crippen molar-refractivity contribution in [2.75, 3.05) is 21.3 Å². The lowest BCUT2D eigenvalue weighted by atomic mass is 10.2. The predicted octanol–water partition coefficient (Wildman–Crippen LogP) is 2.22. The summed E-state index contributed by atoms with van der Waals surface area (Å²) in [7, 11) is 4.59. The molecule has 0 radical (unpaired) electrons. The van der Waals surface area contributed by atoms with Gasteiger partial charge in [0, 0.05) is 5.56 Å². The molecule has 7 heteroatoms. The van der Waals surface area contributed by atoms with Crippen molar-refractivity contribution in [1.29, 1.82) is 0 Å². The largest absolute Gasteiger partial charge is 0.493 e. The SMILES string of the molecule is COc1nc(Cl)nc(-c2ccc(OC)c(OC)c2)n1. The summed E-state index contributed by atoms with van der Waals surface area (Å²) in [5, 5.41) is 0.0663. The highest BCUT2D eigenvalue weighted by molar-refractivity contribution is 6.28. The number of ether oxygens (including phenoxy) is 3. The van der Waals surface area contributed by atoms with Gasteiger partial charge in [0.05, 0.1) is 21.3 Å².